The zero-order valence-electron chi connectivity index (χ0n) is 13.7. The molecule has 7 nitrogen and oxygen atoms in total. The summed E-state index contributed by atoms with van der Waals surface area (Å²) in [6, 6.07) is 5.48. The number of aliphatic carboxylic acids is 1. The number of aromatic nitrogens is 2. The van der Waals surface area contributed by atoms with E-state index in [1.54, 1.807) is 11.6 Å². The Morgan fingerprint density at radius 3 is 2.72 bits per heavy atom. The van der Waals surface area contributed by atoms with Crippen molar-refractivity contribution in [3.63, 3.8) is 0 Å². The van der Waals surface area contributed by atoms with E-state index in [1.807, 2.05) is 18.2 Å². The Balaban J connectivity index is 1.69. The third-order valence-corrected chi connectivity index (χ3v) is 5.07. The van der Waals surface area contributed by atoms with Crippen molar-refractivity contribution in [1.29, 1.82) is 0 Å². The van der Waals surface area contributed by atoms with Gasteiger partial charge in [-0.2, -0.15) is 0 Å². The first-order chi connectivity index (χ1) is 12.1. The molecular formula is C17H20N4O3S. The summed E-state index contributed by atoms with van der Waals surface area (Å²) < 4.78 is 0. The lowest BCUT2D eigenvalue weighted by Crippen LogP contribution is -2.51. The number of carbonyl (C=O) groups excluding carboxylic acids is 1. The van der Waals surface area contributed by atoms with Crippen LogP contribution in [0.2, 0.25) is 0 Å². The molecule has 0 aliphatic heterocycles. The minimum absolute atomic E-state index is 0.0537. The molecule has 1 amide bonds. The van der Waals surface area contributed by atoms with Crippen molar-refractivity contribution in [3.05, 3.63) is 35.5 Å². The second-order valence-electron chi connectivity index (χ2n) is 6.24. The molecule has 1 aliphatic carbocycles. The Labute approximate surface area is 149 Å². The van der Waals surface area contributed by atoms with Crippen LogP contribution in [-0.2, 0) is 4.79 Å². The number of nitrogens with zero attached hydrogens (tertiary/aromatic N) is 2. The van der Waals surface area contributed by atoms with Gasteiger partial charge in [-0.25, -0.2) is 9.97 Å². The number of amides is 1. The summed E-state index contributed by atoms with van der Waals surface area (Å²) in [6.07, 6.45) is 5.92. The highest BCUT2D eigenvalue weighted by atomic mass is 32.1. The maximum atomic E-state index is 12.6. The van der Waals surface area contributed by atoms with Crippen LogP contribution in [0.3, 0.4) is 0 Å². The third-order valence-electron chi connectivity index (χ3n) is 4.32. The fourth-order valence-corrected chi connectivity index (χ4v) is 3.85. The van der Waals surface area contributed by atoms with Crippen molar-refractivity contribution in [1.82, 2.24) is 15.3 Å². The quantitative estimate of drug-likeness (QED) is 0.731. The second kappa shape index (κ2) is 7.60. The number of anilines is 2. The van der Waals surface area contributed by atoms with E-state index in [0.717, 1.165) is 19.3 Å². The molecule has 8 heteroatoms. The first-order valence-electron chi connectivity index (χ1n) is 8.24. The van der Waals surface area contributed by atoms with Crippen molar-refractivity contribution in [3.8, 4) is 0 Å². The molecule has 2 aromatic heterocycles. The van der Waals surface area contributed by atoms with Gasteiger partial charge in [-0.15, -0.1) is 11.3 Å². The van der Waals surface area contributed by atoms with Crippen LogP contribution in [0.1, 0.15) is 49.0 Å². The van der Waals surface area contributed by atoms with Gasteiger partial charge in [0.15, 0.2) is 5.13 Å². The zero-order chi connectivity index (χ0) is 17.7. The molecule has 0 bridgehead atoms. The molecule has 1 aliphatic rings. The largest absolute Gasteiger partial charge is 0.481 e. The van der Waals surface area contributed by atoms with Gasteiger partial charge in [-0.3, -0.25) is 9.59 Å². The minimum atomic E-state index is -0.891. The molecule has 0 saturated heterocycles. The lowest BCUT2D eigenvalue weighted by molar-refractivity contribution is -0.139. The lowest BCUT2D eigenvalue weighted by Gasteiger charge is -2.36. The maximum Gasteiger partial charge on any atom is 0.305 e. The summed E-state index contributed by atoms with van der Waals surface area (Å²) in [5.41, 5.74) is -0.377. The fourth-order valence-electron chi connectivity index (χ4n) is 3.15. The SMILES string of the molecule is O=C(O)CC1(NC(=O)c2csc(Nc3ccccn3)n2)CCCCC1. The lowest BCUT2D eigenvalue weighted by atomic mass is 9.79. The summed E-state index contributed by atoms with van der Waals surface area (Å²) in [6.45, 7) is 0. The maximum absolute atomic E-state index is 12.6. The number of pyridine rings is 1. The molecule has 25 heavy (non-hydrogen) atoms. The van der Waals surface area contributed by atoms with Gasteiger partial charge in [0.25, 0.3) is 5.91 Å². The van der Waals surface area contributed by atoms with Gasteiger partial charge in [-0.05, 0) is 25.0 Å². The van der Waals surface area contributed by atoms with Crippen LogP contribution in [0.25, 0.3) is 0 Å². The highest BCUT2D eigenvalue weighted by Gasteiger charge is 2.36. The molecule has 0 atom stereocenters. The van der Waals surface area contributed by atoms with E-state index in [4.69, 9.17) is 0 Å². The van der Waals surface area contributed by atoms with Crippen molar-refractivity contribution >= 4 is 34.2 Å². The van der Waals surface area contributed by atoms with E-state index < -0.39 is 11.5 Å². The first kappa shape index (κ1) is 17.3. The van der Waals surface area contributed by atoms with Gasteiger partial charge in [0.05, 0.1) is 12.0 Å². The predicted octanol–water partition coefficient (Wildman–Crippen LogP) is 3.19. The number of carbonyl (C=O) groups is 2. The summed E-state index contributed by atoms with van der Waals surface area (Å²) in [5.74, 6) is -0.565. The van der Waals surface area contributed by atoms with Gasteiger partial charge >= 0.3 is 5.97 Å². The fraction of sp³-hybridized carbons (Fsp3) is 0.412. The number of carboxylic acid groups (broad SMARTS) is 1. The van der Waals surface area contributed by atoms with Crippen LogP contribution in [0.15, 0.2) is 29.8 Å². The van der Waals surface area contributed by atoms with Gasteiger partial charge in [-0.1, -0.05) is 25.3 Å². The third kappa shape index (κ3) is 4.54. The Morgan fingerprint density at radius 2 is 2.04 bits per heavy atom. The van der Waals surface area contributed by atoms with Crippen LogP contribution >= 0.6 is 11.3 Å². The number of carboxylic acids is 1. The normalized spacial score (nSPS) is 16.2. The average Bonchev–Trinajstić information content (AvgIpc) is 3.04. The summed E-state index contributed by atoms with van der Waals surface area (Å²) in [7, 11) is 0. The Hall–Kier alpha value is -2.48. The van der Waals surface area contributed by atoms with E-state index in [-0.39, 0.29) is 12.3 Å². The van der Waals surface area contributed by atoms with Crippen molar-refractivity contribution in [2.75, 3.05) is 5.32 Å². The molecule has 2 heterocycles. The van der Waals surface area contributed by atoms with Gasteiger partial charge in [0.1, 0.15) is 11.5 Å². The number of hydrogen-bond acceptors (Lipinski definition) is 6. The summed E-state index contributed by atoms with van der Waals surface area (Å²) in [5, 5.41) is 17.4. The Morgan fingerprint density at radius 1 is 1.24 bits per heavy atom. The molecule has 132 valence electrons. The van der Waals surface area contributed by atoms with E-state index in [0.29, 0.717) is 29.5 Å². The molecule has 1 saturated carbocycles. The van der Waals surface area contributed by atoms with Gasteiger partial charge in [0.2, 0.25) is 0 Å². The first-order valence-corrected chi connectivity index (χ1v) is 9.12. The molecule has 0 radical (unpaired) electrons. The van der Waals surface area contributed by atoms with Crippen molar-refractivity contribution < 1.29 is 14.7 Å². The van der Waals surface area contributed by atoms with Gasteiger partial charge < -0.3 is 15.7 Å². The molecular weight excluding hydrogens is 340 g/mol. The van der Waals surface area contributed by atoms with Crippen molar-refractivity contribution in [2.24, 2.45) is 0 Å². The van der Waals surface area contributed by atoms with E-state index in [9.17, 15) is 14.7 Å². The molecule has 1 fully saturated rings. The summed E-state index contributed by atoms with van der Waals surface area (Å²) in [4.78, 5) is 32.2. The standard InChI is InChI=1S/C17H20N4O3S/c22-14(23)10-17(7-3-1-4-8-17)21-15(24)12-11-25-16(19-12)20-13-6-2-5-9-18-13/h2,5-6,9,11H,1,3-4,7-8,10H2,(H,21,24)(H,22,23)(H,18,19,20). The monoisotopic (exact) mass is 360 g/mol. The number of thiazole rings is 1. The topological polar surface area (TPSA) is 104 Å². The van der Waals surface area contributed by atoms with Gasteiger partial charge in [0, 0.05) is 11.6 Å². The highest BCUT2D eigenvalue weighted by Crippen LogP contribution is 2.31. The van der Waals surface area contributed by atoms with Crippen LogP contribution < -0.4 is 10.6 Å². The minimum Gasteiger partial charge on any atom is -0.481 e. The van der Waals surface area contributed by atoms with Crippen LogP contribution in [0, 0.1) is 0 Å². The van der Waals surface area contributed by atoms with E-state index >= 15 is 0 Å². The zero-order valence-corrected chi connectivity index (χ0v) is 14.5. The second-order valence-corrected chi connectivity index (χ2v) is 7.10. The molecule has 2 aromatic rings. The Bertz CT molecular complexity index is 741. The predicted molar refractivity (Wildman–Crippen MR) is 95.2 cm³/mol. The molecule has 3 N–H and O–H groups in total. The highest BCUT2D eigenvalue weighted by molar-refractivity contribution is 7.14. The molecule has 0 spiro atoms. The summed E-state index contributed by atoms with van der Waals surface area (Å²) >= 11 is 1.31. The number of hydrogen-bond donors (Lipinski definition) is 3. The van der Waals surface area contributed by atoms with Crippen LogP contribution in [0.5, 0.6) is 0 Å². The molecule has 0 aromatic carbocycles. The molecule has 0 unspecified atom stereocenters. The average molecular weight is 360 g/mol. The smallest absolute Gasteiger partial charge is 0.305 e. The number of rotatable bonds is 6. The van der Waals surface area contributed by atoms with E-state index in [1.165, 1.54) is 11.3 Å². The molecule has 3 rings (SSSR count). The van der Waals surface area contributed by atoms with Crippen molar-refractivity contribution in [2.45, 2.75) is 44.1 Å². The van der Waals surface area contributed by atoms with E-state index in [2.05, 4.69) is 20.6 Å². The number of nitrogens with one attached hydrogen (secondary N) is 2. The van der Waals surface area contributed by atoms with Crippen LogP contribution in [-0.4, -0.2) is 32.5 Å². The Kier molecular flexibility index (Phi) is 5.28. The van der Waals surface area contributed by atoms with Crippen LogP contribution in [0.4, 0.5) is 10.9 Å².